The molecule has 2 heteroatoms. The van der Waals surface area contributed by atoms with E-state index in [1.165, 1.54) is 11.1 Å². The molecule has 0 radical (unpaired) electrons. The van der Waals surface area contributed by atoms with Crippen LogP contribution in [0.15, 0.2) is 24.3 Å². The van der Waals surface area contributed by atoms with Crippen LogP contribution in [0.3, 0.4) is 0 Å². The van der Waals surface area contributed by atoms with Crippen molar-refractivity contribution < 1.29 is 0 Å². The van der Waals surface area contributed by atoms with Gasteiger partial charge in [-0.1, -0.05) is 38.1 Å². The maximum Gasteiger partial charge on any atom is 0.0326 e. The molecule has 0 spiro atoms. The fourth-order valence-corrected chi connectivity index (χ4v) is 3.25. The monoisotopic (exact) mass is 260 g/mol. The number of rotatable bonds is 3. The first-order valence-corrected chi connectivity index (χ1v) is 7.55. The van der Waals surface area contributed by atoms with Gasteiger partial charge in [0, 0.05) is 31.2 Å². The molecule has 2 rings (SSSR count). The number of hydrogen-bond acceptors (Lipinski definition) is 2. The fourth-order valence-electron chi connectivity index (χ4n) is 3.25. The van der Waals surface area contributed by atoms with Crippen LogP contribution >= 0.6 is 0 Å². The summed E-state index contributed by atoms with van der Waals surface area (Å²) in [5.74, 6) is 0.687. The molecule has 1 aliphatic heterocycles. The lowest BCUT2D eigenvalue weighted by Crippen LogP contribution is -2.57. The van der Waals surface area contributed by atoms with Gasteiger partial charge in [0.15, 0.2) is 0 Å². The summed E-state index contributed by atoms with van der Waals surface area (Å²) in [4.78, 5) is 2.69. The van der Waals surface area contributed by atoms with E-state index in [4.69, 9.17) is 0 Å². The van der Waals surface area contributed by atoms with Gasteiger partial charge in [-0.05, 0) is 37.8 Å². The Balaban J connectivity index is 2.24. The number of hydrogen-bond donors (Lipinski definition) is 1. The molecule has 1 heterocycles. The van der Waals surface area contributed by atoms with Crippen molar-refractivity contribution in [2.75, 3.05) is 13.1 Å². The molecule has 0 saturated carbocycles. The van der Waals surface area contributed by atoms with Crippen molar-refractivity contribution in [3.05, 3.63) is 35.4 Å². The van der Waals surface area contributed by atoms with Crippen molar-refractivity contribution >= 4 is 0 Å². The molecule has 1 saturated heterocycles. The molecular formula is C17H28N2. The van der Waals surface area contributed by atoms with E-state index in [0.29, 0.717) is 24.0 Å². The zero-order valence-electron chi connectivity index (χ0n) is 13.0. The Morgan fingerprint density at radius 1 is 1.21 bits per heavy atom. The zero-order valence-corrected chi connectivity index (χ0v) is 13.0. The van der Waals surface area contributed by atoms with Crippen molar-refractivity contribution in [1.29, 1.82) is 0 Å². The van der Waals surface area contributed by atoms with Crippen LogP contribution in [-0.2, 0) is 0 Å². The van der Waals surface area contributed by atoms with Crippen LogP contribution in [0.4, 0.5) is 0 Å². The topological polar surface area (TPSA) is 15.3 Å². The van der Waals surface area contributed by atoms with Crippen LogP contribution in [0.5, 0.6) is 0 Å². The number of piperazine rings is 1. The summed E-state index contributed by atoms with van der Waals surface area (Å²) in [6.07, 6.45) is 0. The largest absolute Gasteiger partial charge is 0.311 e. The van der Waals surface area contributed by atoms with E-state index in [1.54, 1.807) is 0 Å². The molecule has 0 amide bonds. The molecule has 1 aromatic rings. The smallest absolute Gasteiger partial charge is 0.0326 e. The Hall–Kier alpha value is -0.860. The van der Waals surface area contributed by atoms with Gasteiger partial charge in [0.2, 0.25) is 0 Å². The second-order valence-electron chi connectivity index (χ2n) is 6.35. The van der Waals surface area contributed by atoms with Gasteiger partial charge in [-0.2, -0.15) is 0 Å². The first-order chi connectivity index (χ1) is 9.00. The first kappa shape index (κ1) is 14.5. The maximum absolute atomic E-state index is 3.62. The molecule has 1 N–H and O–H groups in total. The molecule has 3 unspecified atom stereocenters. The summed E-state index contributed by atoms with van der Waals surface area (Å²) >= 11 is 0. The number of benzene rings is 1. The SMILES string of the molecule is Cc1ccccc1C(C)N1CC(C)NCC1C(C)C. The zero-order chi connectivity index (χ0) is 14.0. The molecule has 19 heavy (non-hydrogen) atoms. The van der Waals surface area contributed by atoms with E-state index in [0.717, 1.165) is 13.1 Å². The lowest BCUT2D eigenvalue weighted by Gasteiger charge is -2.45. The van der Waals surface area contributed by atoms with Gasteiger partial charge in [-0.25, -0.2) is 0 Å². The lowest BCUT2D eigenvalue weighted by molar-refractivity contribution is 0.0655. The average Bonchev–Trinajstić information content (AvgIpc) is 2.38. The number of aryl methyl sites for hydroxylation is 1. The third kappa shape index (κ3) is 3.18. The molecule has 1 fully saturated rings. The predicted molar refractivity (Wildman–Crippen MR) is 82.4 cm³/mol. The van der Waals surface area contributed by atoms with E-state index in [2.05, 4.69) is 69.1 Å². The van der Waals surface area contributed by atoms with Gasteiger partial charge in [0.05, 0.1) is 0 Å². The van der Waals surface area contributed by atoms with Crippen LogP contribution in [0.2, 0.25) is 0 Å². The van der Waals surface area contributed by atoms with Crippen LogP contribution in [-0.4, -0.2) is 30.1 Å². The second-order valence-corrected chi connectivity index (χ2v) is 6.35. The Labute approximate surface area is 118 Å². The Morgan fingerprint density at radius 2 is 1.89 bits per heavy atom. The first-order valence-electron chi connectivity index (χ1n) is 7.55. The molecule has 1 aromatic carbocycles. The normalized spacial score (nSPS) is 26.6. The van der Waals surface area contributed by atoms with Crippen molar-refractivity contribution in [3.63, 3.8) is 0 Å². The summed E-state index contributed by atoms with van der Waals surface area (Å²) in [6.45, 7) is 13.8. The third-order valence-electron chi connectivity index (χ3n) is 4.49. The maximum atomic E-state index is 3.62. The van der Waals surface area contributed by atoms with Gasteiger partial charge in [-0.15, -0.1) is 0 Å². The standard InChI is InChI=1S/C17H28N2/c1-12(2)17-10-18-14(4)11-19(17)15(5)16-9-7-6-8-13(16)3/h6-9,12,14-15,17-18H,10-11H2,1-5H3. The van der Waals surface area contributed by atoms with Crippen molar-refractivity contribution in [2.45, 2.75) is 52.7 Å². The van der Waals surface area contributed by atoms with Gasteiger partial charge in [-0.3, -0.25) is 4.90 Å². The Bertz CT molecular complexity index is 413. The second kappa shape index (κ2) is 6.06. The lowest BCUT2D eigenvalue weighted by atomic mass is 9.93. The summed E-state index contributed by atoms with van der Waals surface area (Å²) in [5.41, 5.74) is 2.88. The van der Waals surface area contributed by atoms with E-state index in [-0.39, 0.29) is 0 Å². The Morgan fingerprint density at radius 3 is 2.53 bits per heavy atom. The molecule has 0 aromatic heterocycles. The summed E-state index contributed by atoms with van der Waals surface area (Å²) in [6, 6.07) is 10.5. The van der Waals surface area contributed by atoms with Crippen LogP contribution in [0, 0.1) is 12.8 Å². The molecule has 0 aliphatic carbocycles. The van der Waals surface area contributed by atoms with E-state index >= 15 is 0 Å². The van der Waals surface area contributed by atoms with Gasteiger partial charge in [0.25, 0.3) is 0 Å². The average molecular weight is 260 g/mol. The highest BCUT2D eigenvalue weighted by molar-refractivity contribution is 5.28. The minimum atomic E-state index is 0.498. The van der Waals surface area contributed by atoms with Gasteiger partial charge >= 0.3 is 0 Å². The molecule has 0 bridgehead atoms. The summed E-state index contributed by atoms with van der Waals surface area (Å²) in [7, 11) is 0. The minimum Gasteiger partial charge on any atom is -0.311 e. The molecule has 2 nitrogen and oxygen atoms in total. The molecule has 106 valence electrons. The quantitative estimate of drug-likeness (QED) is 0.896. The van der Waals surface area contributed by atoms with Crippen LogP contribution in [0.25, 0.3) is 0 Å². The molecule has 1 aliphatic rings. The summed E-state index contributed by atoms with van der Waals surface area (Å²) < 4.78 is 0. The number of nitrogens with one attached hydrogen (secondary N) is 1. The Kier molecular flexibility index (Phi) is 4.64. The van der Waals surface area contributed by atoms with Crippen molar-refractivity contribution in [2.24, 2.45) is 5.92 Å². The highest BCUT2D eigenvalue weighted by atomic mass is 15.3. The molecule has 3 atom stereocenters. The number of nitrogens with zero attached hydrogens (tertiary/aromatic N) is 1. The van der Waals surface area contributed by atoms with Gasteiger partial charge < -0.3 is 5.32 Å². The van der Waals surface area contributed by atoms with E-state index in [9.17, 15) is 0 Å². The highest BCUT2D eigenvalue weighted by Crippen LogP contribution is 2.29. The highest BCUT2D eigenvalue weighted by Gasteiger charge is 2.32. The predicted octanol–water partition coefficient (Wildman–Crippen LogP) is 3.37. The van der Waals surface area contributed by atoms with Gasteiger partial charge in [0.1, 0.15) is 0 Å². The van der Waals surface area contributed by atoms with Crippen molar-refractivity contribution in [1.82, 2.24) is 10.2 Å². The van der Waals surface area contributed by atoms with E-state index in [1.807, 2.05) is 0 Å². The minimum absolute atomic E-state index is 0.498. The summed E-state index contributed by atoms with van der Waals surface area (Å²) in [5, 5.41) is 3.62. The van der Waals surface area contributed by atoms with Crippen LogP contribution < -0.4 is 5.32 Å². The van der Waals surface area contributed by atoms with E-state index < -0.39 is 0 Å². The van der Waals surface area contributed by atoms with Crippen LogP contribution in [0.1, 0.15) is 44.9 Å². The van der Waals surface area contributed by atoms with Crippen molar-refractivity contribution in [3.8, 4) is 0 Å². The molecular weight excluding hydrogens is 232 g/mol. The fraction of sp³-hybridized carbons (Fsp3) is 0.647. The third-order valence-corrected chi connectivity index (χ3v) is 4.49.